The Bertz CT molecular complexity index is 489. The summed E-state index contributed by atoms with van der Waals surface area (Å²) in [6.07, 6.45) is 1.93. The van der Waals surface area contributed by atoms with Crippen LogP contribution >= 0.6 is 23.1 Å². The van der Waals surface area contributed by atoms with E-state index in [0.717, 1.165) is 15.7 Å². The Balaban J connectivity index is 2.86. The van der Waals surface area contributed by atoms with Gasteiger partial charge in [-0.15, -0.1) is 23.1 Å². The van der Waals surface area contributed by atoms with Crippen molar-refractivity contribution in [3.63, 3.8) is 0 Å². The van der Waals surface area contributed by atoms with Crippen LogP contribution in [0.5, 0.6) is 0 Å². The number of rotatable bonds is 1. The van der Waals surface area contributed by atoms with Crippen molar-refractivity contribution in [2.24, 2.45) is 0 Å². The van der Waals surface area contributed by atoms with Gasteiger partial charge in [0, 0.05) is 11.1 Å². The Morgan fingerprint density at radius 1 is 1.69 bits per heavy atom. The Kier molecular flexibility index (Phi) is 2.02. The molecule has 0 fully saturated rings. The number of thiazole rings is 1. The summed E-state index contributed by atoms with van der Waals surface area (Å²) in [6.45, 7) is 1.98. The summed E-state index contributed by atoms with van der Waals surface area (Å²) < 4.78 is 1.90. The summed E-state index contributed by atoms with van der Waals surface area (Å²) in [4.78, 5) is 5.25. The number of aromatic nitrogens is 2. The third kappa shape index (κ3) is 1.14. The van der Waals surface area contributed by atoms with Crippen LogP contribution in [0.1, 0.15) is 11.4 Å². The van der Waals surface area contributed by atoms with E-state index in [1.807, 2.05) is 23.0 Å². The van der Waals surface area contributed by atoms with Crippen molar-refractivity contribution in [2.75, 3.05) is 6.26 Å². The van der Waals surface area contributed by atoms with Gasteiger partial charge < -0.3 is 0 Å². The van der Waals surface area contributed by atoms with Crippen LogP contribution in [0.3, 0.4) is 0 Å². The molecule has 0 saturated carbocycles. The first-order chi connectivity index (χ1) is 6.27. The van der Waals surface area contributed by atoms with Gasteiger partial charge >= 0.3 is 0 Å². The molecule has 0 aliphatic carbocycles. The highest BCUT2D eigenvalue weighted by atomic mass is 32.2. The lowest BCUT2D eigenvalue weighted by molar-refractivity contribution is 1.08. The van der Waals surface area contributed by atoms with E-state index in [1.54, 1.807) is 11.3 Å². The fourth-order valence-corrected chi connectivity index (χ4v) is 2.65. The zero-order valence-corrected chi connectivity index (χ0v) is 8.87. The lowest BCUT2D eigenvalue weighted by atomic mass is 10.5. The van der Waals surface area contributed by atoms with Crippen molar-refractivity contribution < 1.29 is 0 Å². The minimum Gasteiger partial charge on any atom is -0.278 e. The average molecular weight is 209 g/mol. The van der Waals surface area contributed by atoms with E-state index in [-0.39, 0.29) is 0 Å². The van der Waals surface area contributed by atoms with Crippen LogP contribution in [0.15, 0.2) is 10.4 Å². The molecule has 0 aliphatic heterocycles. The van der Waals surface area contributed by atoms with Gasteiger partial charge in [0.15, 0.2) is 10.7 Å². The van der Waals surface area contributed by atoms with Crippen molar-refractivity contribution in [3.05, 3.63) is 16.8 Å². The molecule has 2 aromatic heterocycles. The second kappa shape index (κ2) is 3.05. The highest BCUT2D eigenvalue weighted by Crippen LogP contribution is 2.25. The highest BCUT2D eigenvalue weighted by Gasteiger charge is 2.13. The number of hydrogen-bond donors (Lipinski definition) is 0. The topological polar surface area (TPSA) is 41.1 Å². The van der Waals surface area contributed by atoms with Crippen LogP contribution in [-0.4, -0.2) is 15.6 Å². The highest BCUT2D eigenvalue weighted by molar-refractivity contribution is 7.98. The van der Waals surface area contributed by atoms with E-state index in [9.17, 15) is 0 Å². The molecule has 2 rings (SSSR count). The maximum absolute atomic E-state index is 8.96. The van der Waals surface area contributed by atoms with Crippen LogP contribution in [0.25, 0.3) is 4.96 Å². The second-order valence-electron chi connectivity index (χ2n) is 2.58. The van der Waals surface area contributed by atoms with Gasteiger partial charge in [-0.25, -0.2) is 4.98 Å². The monoisotopic (exact) mass is 209 g/mol. The molecule has 2 heterocycles. The molecule has 0 aromatic carbocycles. The number of aryl methyl sites for hydroxylation is 1. The molecular weight excluding hydrogens is 202 g/mol. The van der Waals surface area contributed by atoms with E-state index in [4.69, 9.17) is 5.26 Å². The van der Waals surface area contributed by atoms with Gasteiger partial charge in [-0.1, -0.05) is 0 Å². The maximum Gasteiger partial charge on any atom is 0.196 e. The van der Waals surface area contributed by atoms with Crippen molar-refractivity contribution in [1.29, 1.82) is 5.26 Å². The molecule has 0 amide bonds. The lowest BCUT2D eigenvalue weighted by Gasteiger charge is -1.91. The number of nitrogens with zero attached hydrogens (tertiary/aromatic N) is 3. The van der Waals surface area contributed by atoms with Crippen LogP contribution in [0.2, 0.25) is 0 Å². The Morgan fingerprint density at radius 3 is 3.08 bits per heavy atom. The summed E-state index contributed by atoms with van der Waals surface area (Å²) in [7, 11) is 0. The lowest BCUT2D eigenvalue weighted by Crippen LogP contribution is -1.87. The second-order valence-corrected chi connectivity index (χ2v) is 4.21. The zero-order valence-electron chi connectivity index (χ0n) is 7.24. The van der Waals surface area contributed by atoms with Gasteiger partial charge in [-0.05, 0) is 13.2 Å². The van der Waals surface area contributed by atoms with E-state index in [1.165, 1.54) is 11.8 Å². The molecule has 0 aliphatic rings. The third-order valence-corrected chi connectivity index (χ3v) is 3.42. The van der Waals surface area contributed by atoms with Gasteiger partial charge in [-0.3, -0.25) is 4.40 Å². The largest absolute Gasteiger partial charge is 0.278 e. The van der Waals surface area contributed by atoms with Crippen LogP contribution < -0.4 is 0 Å². The summed E-state index contributed by atoms with van der Waals surface area (Å²) in [5, 5.41) is 11.8. The summed E-state index contributed by atoms with van der Waals surface area (Å²) in [5.74, 6) is 0. The Morgan fingerprint density at radius 2 is 2.46 bits per heavy atom. The van der Waals surface area contributed by atoms with Crippen LogP contribution in [0, 0.1) is 18.3 Å². The first-order valence-electron chi connectivity index (χ1n) is 3.68. The van der Waals surface area contributed by atoms with Crippen molar-refractivity contribution in [3.8, 4) is 6.07 Å². The molecule has 3 nitrogen and oxygen atoms in total. The normalized spacial score (nSPS) is 10.5. The molecule has 0 saturated heterocycles. The van der Waals surface area contributed by atoms with E-state index < -0.39 is 0 Å². The molecule has 0 unspecified atom stereocenters. The maximum atomic E-state index is 8.96. The first-order valence-corrected chi connectivity index (χ1v) is 5.79. The summed E-state index contributed by atoms with van der Waals surface area (Å²) in [5.41, 5.74) is 1.73. The van der Waals surface area contributed by atoms with Crippen LogP contribution in [-0.2, 0) is 0 Å². The summed E-state index contributed by atoms with van der Waals surface area (Å²) in [6, 6.07) is 2.18. The molecule has 0 N–H and O–H groups in total. The van der Waals surface area contributed by atoms with E-state index >= 15 is 0 Å². The van der Waals surface area contributed by atoms with E-state index in [0.29, 0.717) is 5.69 Å². The van der Waals surface area contributed by atoms with Crippen molar-refractivity contribution in [1.82, 2.24) is 9.38 Å². The molecule has 0 spiro atoms. The predicted octanol–water partition coefficient (Wildman–Crippen LogP) is 2.30. The molecule has 0 bridgehead atoms. The quantitative estimate of drug-likeness (QED) is 0.677. The minimum absolute atomic E-state index is 0.654. The van der Waals surface area contributed by atoms with Gasteiger partial charge in [0.05, 0.1) is 0 Å². The van der Waals surface area contributed by atoms with Gasteiger partial charge in [0.2, 0.25) is 0 Å². The van der Waals surface area contributed by atoms with E-state index in [2.05, 4.69) is 11.1 Å². The first kappa shape index (κ1) is 8.60. The zero-order chi connectivity index (χ0) is 9.42. The number of thioether (sulfide) groups is 1. The minimum atomic E-state index is 0.654. The fourth-order valence-electron chi connectivity index (χ4n) is 1.22. The molecular formula is C8H7N3S2. The molecule has 2 aromatic rings. The van der Waals surface area contributed by atoms with Gasteiger partial charge in [0.1, 0.15) is 11.1 Å². The number of nitriles is 1. The summed E-state index contributed by atoms with van der Waals surface area (Å²) >= 11 is 3.08. The van der Waals surface area contributed by atoms with Crippen LogP contribution in [0.4, 0.5) is 0 Å². The molecule has 13 heavy (non-hydrogen) atoms. The van der Waals surface area contributed by atoms with Gasteiger partial charge in [-0.2, -0.15) is 5.26 Å². The molecule has 0 atom stereocenters. The third-order valence-electron chi connectivity index (χ3n) is 1.80. The molecule has 66 valence electrons. The SMILES string of the molecule is CSc1nc2scc(C)n2c1C#N. The molecule has 0 radical (unpaired) electrons. The number of imidazole rings is 1. The van der Waals surface area contributed by atoms with Crippen molar-refractivity contribution in [2.45, 2.75) is 11.9 Å². The molecule has 5 heteroatoms. The van der Waals surface area contributed by atoms with Gasteiger partial charge in [0.25, 0.3) is 0 Å². The standard InChI is InChI=1S/C8H7N3S2/c1-5-4-13-8-10-7(12-2)6(3-9)11(5)8/h4H,1-2H3. The van der Waals surface area contributed by atoms with Crippen molar-refractivity contribution >= 4 is 28.1 Å². The Labute approximate surface area is 84.0 Å². The Hall–Kier alpha value is -0.990. The fraction of sp³-hybridized carbons (Fsp3) is 0.250. The number of hydrogen-bond acceptors (Lipinski definition) is 4. The smallest absolute Gasteiger partial charge is 0.196 e. The number of fused-ring (bicyclic) bond motifs is 1. The predicted molar refractivity (Wildman–Crippen MR) is 54.3 cm³/mol. The average Bonchev–Trinajstić information content (AvgIpc) is 2.65.